The SMILES string of the molecule is C.Oc1ccccc1C=Nc1ccccc1N=Cc1ccccc1O.[Co].[Na+]. The van der Waals surface area contributed by atoms with Crippen LogP contribution in [0.4, 0.5) is 11.4 Å². The number of nitrogens with zero attached hydrogens (tertiary/aromatic N) is 2. The minimum absolute atomic E-state index is 0. The Labute approximate surface area is 192 Å². The first kappa shape index (κ1) is 25.1. The molecule has 0 atom stereocenters. The van der Waals surface area contributed by atoms with E-state index in [-0.39, 0.29) is 65.3 Å². The van der Waals surface area contributed by atoms with Gasteiger partial charge < -0.3 is 10.2 Å². The summed E-state index contributed by atoms with van der Waals surface area (Å²) < 4.78 is 0. The molecule has 27 heavy (non-hydrogen) atoms. The van der Waals surface area contributed by atoms with Crippen molar-refractivity contribution < 1.29 is 56.5 Å². The van der Waals surface area contributed by atoms with Gasteiger partial charge in [0.2, 0.25) is 0 Å². The third-order valence-corrected chi connectivity index (χ3v) is 3.44. The van der Waals surface area contributed by atoms with Crippen LogP contribution in [0, 0.1) is 0 Å². The molecule has 135 valence electrons. The summed E-state index contributed by atoms with van der Waals surface area (Å²) in [4.78, 5) is 8.82. The molecule has 0 aliphatic rings. The minimum Gasteiger partial charge on any atom is -0.507 e. The Hall–Kier alpha value is -1.89. The summed E-state index contributed by atoms with van der Waals surface area (Å²) in [6, 6.07) is 21.4. The van der Waals surface area contributed by atoms with Gasteiger partial charge in [-0.3, -0.25) is 9.98 Å². The van der Waals surface area contributed by atoms with Gasteiger partial charge in [0.25, 0.3) is 0 Å². The smallest absolute Gasteiger partial charge is 0.507 e. The molecule has 3 aromatic rings. The van der Waals surface area contributed by atoms with Crippen LogP contribution >= 0.6 is 0 Å². The molecule has 1 radical (unpaired) electrons. The van der Waals surface area contributed by atoms with Crippen molar-refractivity contribution in [3.05, 3.63) is 83.9 Å². The van der Waals surface area contributed by atoms with Crippen molar-refractivity contribution in [2.75, 3.05) is 0 Å². The molecular formula is C21H20CoN2NaO2+. The summed E-state index contributed by atoms with van der Waals surface area (Å²) in [6.07, 6.45) is 3.20. The molecule has 6 heteroatoms. The summed E-state index contributed by atoms with van der Waals surface area (Å²) >= 11 is 0. The first-order chi connectivity index (χ1) is 11.7. The summed E-state index contributed by atoms with van der Waals surface area (Å²) in [5.41, 5.74) is 2.62. The number of phenolic OH excluding ortho intramolecular Hbond substituents is 2. The molecule has 0 amide bonds. The van der Waals surface area contributed by atoms with Crippen LogP contribution < -0.4 is 29.6 Å². The number of para-hydroxylation sites is 4. The number of rotatable bonds is 4. The van der Waals surface area contributed by atoms with Crippen LogP contribution in [0.5, 0.6) is 11.5 Å². The predicted molar refractivity (Wildman–Crippen MR) is 104 cm³/mol. The maximum Gasteiger partial charge on any atom is 1.00 e. The average Bonchev–Trinajstić information content (AvgIpc) is 2.61. The van der Waals surface area contributed by atoms with E-state index >= 15 is 0 Å². The largest absolute Gasteiger partial charge is 1.00 e. The molecule has 3 aromatic carbocycles. The Morgan fingerprint density at radius 3 is 1.30 bits per heavy atom. The first-order valence-corrected chi connectivity index (χ1v) is 7.47. The number of hydrogen-bond donors (Lipinski definition) is 2. The van der Waals surface area contributed by atoms with Crippen LogP contribution in [0.15, 0.2) is 82.8 Å². The van der Waals surface area contributed by atoms with E-state index in [1.54, 1.807) is 48.8 Å². The number of hydrogen-bond acceptors (Lipinski definition) is 4. The Bertz CT molecular complexity index is 839. The van der Waals surface area contributed by atoms with Gasteiger partial charge in [-0.05, 0) is 36.4 Å². The fraction of sp³-hybridized carbons (Fsp3) is 0.0476. The van der Waals surface area contributed by atoms with E-state index in [1.165, 1.54) is 0 Å². The first-order valence-electron chi connectivity index (χ1n) is 7.47. The third-order valence-electron chi connectivity index (χ3n) is 3.44. The topological polar surface area (TPSA) is 65.2 Å². The van der Waals surface area contributed by atoms with Crippen LogP contribution in [0.2, 0.25) is 0 Å². The van der Waals surface area contributed by atoms with Crippen molar-refractivity contribution >= 4 is 23.8 Å². The van der Waals surface area contributed by atoms with Gasteiger partial charge in [-0.15, -0.1) is 0 Å². The van der Waals surface area contributed by atoms with Gasteiger partial charge in [0, 0.05) is 40.3 Å². The molecule has 0 saturated carbocycles. The van der Waals surface area contributed by atoms with Gasteiger partial charge in [0.15, 0.2) is 0 Å². The van der Waals surface area contributed by atoms with E-state index in [0.717, 1.165) is 0 Å². The van der Waals surface area contributed by atoms with Crippen LogP contribution in [-0.4, -0.2) is 22.6 Å². The number of aromatic hydroxyl groups is 2. The fourth-order valence-corrected chi connectivity index (χ4v) is 2.15. The summed E-state index contributed by atoms with van der Waals surface area (Å²) in [5, 5.41) is 19.6. The molecule has 0 aliphatic heterocycles. The van der Waals surface area contributed by atoms with Crippen LogP contribution in [0.3, 0.4) is 0 Å². The second kappa shape index (κ2) is 12.5. The predicted octanol–water partition coefficient (Wildman–Crippen LogP) is 2.24. The average molecular weight is 414 g/mol. The fourth-order valence-electron chi connectivity index (χ4n) is 2.15. The van der Waals surface area contributed by atoms with Crippen molar-refractivity contribution in [3.8, 4) is 11.5 Å². The summed E-state index contributed by atoms with van der Waals surface area (Å²) in [7, 11) is 0. The standard InChI is InChI=1S/C20H16N2O2.CH4.Co.Na/c23-19-11-5-1-7-15(19)13-21-17-9-3-4-10-18(17)22-14-16-8-2-6-12-20(16)24;;;/h1-14,23-24H;1H4;;/q;;;+1. The van der Waals surface area contributed by atoms with Crippen molar-refractivity contribution in [3.63, 3.8) is 0 Å². The minimum atomic E-state index is 0. The van der Waals surface area contributed by atoms with E-state index < -0.39 is 0 Å². The second-order valence-electron chi connectivity index (χ2n) is 5.12. The van der Waals surface area contributed by atoms with E-state index in [2.05, 4.69) is 9.98 Å². The van der Waals surface area contributed by atoms with Crippen LogP contribution in [0.1, 0.15) is 18.6 Å². The quantitative estimate of drug-likeness (QED) is 0.508. The third kappa shape index (κ3) is 6.97. The maximum absolute atomic E-state index is 9.79. The zero-order valence-electron chi connectivity index (χ0n) is 14.2. The molecular weight excluding hydrogens is 394 g/mol. The monoisotopic (exact) mass is 414 g/mol. The molecule has 0 fully saturated rings. The molecule has 0 heterocycles. The van der Waals surface area contributed by atoms with Crippen molar-refractivity contribution in [2.45, 2.75) is 7.43 Å². The number of benzene rings is 3. The van der Waals surface area contributed by atoms with Gasteiger partial charge in [-0.1, -0.05) is 43.8 Å². The van der Waals surface area contributed by atoms with Crippen molar-refractivity contribution in [1.29, 1.82) is 0 Å². The number of aliphatic imine (C=N–C) groups is 2. The van der Waals surface area contributed by atoms with Crippen molar-refractivity contribution in [2.24, 2.45) is 9.98 Å². The second-order valence-corrected chi connectivity index (χ2v) is 5.12. The molecule has 0 spiro atoms. The molecule has 0 aliphatic carbocycles. The molecule has 0 aromatic heterocycles. The van der Waals surface area contributed by atoms with Crippen molar-refractivity contribution in [1.82, 2.24) is 0 Å². The van der Waals surface area contributed by atoms with E-state index in [4.69, 9.17) is 0 Å². The molecule has 0 saturated heterocycles. The van der Waals surface area contributed by atoms with E-state index in [0.29, 0.717) is 22.5 Å². The Kier molecular flexibility index (Phi) is 11.6. The Balaban J connectivity index is 0.00000225. The van der Waals surface area contributed by atoms with Gasteiger partial charge in [-0.2, -0.15) is 0 Å². The van der Waals surface area contributed by atoms with E-state index in [1.807, 2.05) is 36.4 Å². The van der Waals surface area contributed by atoms with E-state index in [9.17, 15) is 10.2 Å². The van der Waals surface area contributed by atoms with Gasteiger partial charge >= 0.3 is 29.6 Å². The molecule has 4 nitrogen and oxygen atoms in total. The van der Waals surface area contributed by atoms with Gasteiger partial charge in [0.05, 0.1) is 11.4 Å². The van der Waals surface area contributed by atoms with Gasteiger partial charge in [0.1, 0.15) is 11.5 Å². The molecule has 0 unspecified atom stereocenters. The number of phenols is 2. The summed E-state index contributed by atoms with van der Waals surface area (Å²) in [6.45, 7) is 0. The van der Waals surface area contributed by atoms with Crippen LogP contribution in [-0.2, 0) is 16.8 Å². The molecule has 3 rings (SSSR count). The Morgan fingerprint density at radius 1 is 0.593 bits per heavy atom. The Morgan fingerprint density at radius 2 is 0.926 bits per heavy atom. The molecule has 2 N–H and O–H groups in total. The normalized spacial score (nSPS) is 10.1. The van der Waals surface area contributed by atoms with Crippen LogP contribution in [0.25, 0.3) is 0 Å². The zero-order valence-corrected chi connectivity index (χ0v) is 17.2. The summed E-state index contributed by atoms with van der Waals surface area (Å²) in [5.74, 6) is 0.355. The zero-order chi connectivity index (χ0) is 16.8. The van der Waals surface area contributed by atoms with Gasteiger partial charge in [-0.25, -0.2) is 0 Å². The molecule has 0 bridgehead atoms. The maximum atomic E-state index is 9.79.